The Bertz CT molecular complexity index is 2000. The molecule has 2 N–H and O–H groups in total. The second kappa shape index (κ2) is 11.5. The van der Waals surface area contributed by atoms with Gasteiger partial charge in [-0.15, -0.1) is 0 Å². The van der Waals surface area contributed by atoms with Crippen LogP contribution in [0.3, 0.4) is 0 Å². The zero-order chi connectivity index (χ0) is 33.0. The van der Waals surface area contributed by atoms with E-state index in [0.29, 0.717) is 34.3 Å². The number of nitrogens with zero attached hydrogens (tertiary/aromatic N) is 3. The Hall–Kier alpha value is -4.77. The summed E-state index contributed by atoms with van der Waals surface area (Å²) in [5, 5.41) is 5.69. The molecule has 4 aromatic rings. The predicted octanol–water partition coefficient (Wildman–Crippen LogP) is 4.82. The molecule has 2 aromatic heterocycles. The van der Waals surface area contributed by atoms with Gasteiger partial charge in [0.25, 0.3) is 21.7 Å². The van der Waals surface area contributed by atoms with Crippen LogP contribution >= 0.6 is 11.3 Å². The van der Waals surface area contributed by atoms with Crippen molar-refractivity contribution in [2.75, 3.05) is 29.8 Å². The van der Waals surface area contributed by atoms with E-state index in [1.165, 1.54) is 43.9 Å². The number of amides is 2. The van der Waals surface area contributed by atoms with E-state index in [2.05, 4.69) is 20.5 Å². The van der Waals surface area contributed by atoms with Crippen LogP contribution in [0, 0.1) is 0 Å². The summed E-state index contributed by atoms with van der Waals surface area (Å²) >= 11 is 1.28. The average Bonchev–Trinajstić information content (AvgIpc) is 3.42. The van der Waals surface area contributed by atoms with Gasteiger partial charge in [-0.3, -0.25) is 14.4 Å². The Morgan fingerprint density at radius 1 is 1.02 bits per heavy atom. The van der Waals surface area contributed by atoms with Gasteiger partial charge in [0.1, 0.15) is 17.1 Å². The lowest BCUT2D eigenvalue weighted by atomic mass is 9.79. The molecule has 0 radical (unpaired) electrons. The van der Waals surface area contributed by atoms with Gasteiger partial charge >= 0.3 is 5.51 Å². The first-order chi connectivity index (χ1) is 21.8. The number of sulfone groups is 1. The average molecular weight is 676 g/mol. The SMILES string of the molecule is COc1cc(C(=O)Nc2cccc(S(=O)(=O)C(F)(F)F)c2)c(NC(=O)c2c(OC)ccc3nc(N4C5CC(=O)CC4C5)sc23)cn1. The lowest BCUT2D eigenvalue weighted by molar-refractivity contribution is -0.123. The number of carbonyl (C=O) groups is 3. The van der Waals surface area contributed by atoms with Gasteiger partial charge in [0.2, 0.25) is 5.88 Å². The minimum Gasteiger partial charge on any atom is -0.496 e. The molecule has 0 aliphatic carbocycles. The van der Waals surface area contributed by atoms with E-state index in [4.69, 9.17) is 14.5 Å². The van der Waals surface area contributed by atoms with Gasteiger partial charge < -0.3 is 25.0 Å². The summed E-state index contributed by atoms with van der Waals surface area (Å²) in [6.07, 6.45) is 2.96. The fraction of sp³-hybridized carbons (Fsp3) is 0.276. The van der Waals surface area contributed by atoms with Crippen LogP contribution in [0.25, 0.3) is 10.2 Å². The number of ether oxygens (including phenoxy) is 2. The molecule has 6 rings (SSSR count). The van der Waals surface area contributed by atoms with Crippen molar-refractivity contribution >= 4 is 65.5 Å². The van der Waals surface area contributed by atoms with E-state index in [1.807, 2.05) is 0 Å². The molecule has 2 aliphatic rings. The molecule has 46 heavy (non-hydrogen) atoms. The topological polar surface area (TPSA) is 157 Å². The van der Waals surface area contributed by atoms with Crippen molar-refractivity contribution in [3.05, 3.63) is 59.8 Å². The molecule has 2 saturated heterocycles. The highest BCUT2D eigenvalue weighted by molar-refractivity contribution is 7.92. The molecule has 4 heterocycles. The zero-order valence-electron chi connectivity index (χ0n) is 24.0. The molecule has 2 bridgehead atoms. The van der Waals surface area contributed by atoms with E-state index in [-0.39, 0.29) is 52.0 Å². The fourth-order valence-corrected chi connectivity index (χ4v) is 7.59. The normalized spacial score (nSPS) is 17.8. The minimum absolute atomic E-state index is 0.0121. The molecule has 2 atom stereocenters. The third kappa shape index (κ3) is 5.49. The number of hydrogen-bond acceptors (Lipinski definition) is 11. The van der Waals surface area contributed by atoms with Crippen LogP contribution in [0.15, 0.2) is 53.6 Å². The van der Waals surface area contributed by atoms with Crippen molar-refractivity contribution in [3.8, 4) is 11.6 Å². The molecule has 0 spiro atoms. The number of ketones is 1. The first-order valence-corrected chi connectivity index (χ1v) is 16.0. The third-order valence-electron chi connectivity index (χ3n) is 7.72. The Labute approximate surface area is 263 Å². The van der Waals surface area contributed by atoms with Crippen LogP contribution in [0.1, 0.15) is 40.0 Å². The van der Waals surface area contributed by atoms with E-state index in [9.17, 15) is 36.0 Å². The number of halogens is 3. The van der Waals surface area contributed by atoms with E-state index >= 15 is 0 Å². The van der Waals surface area contributed by atoms with Gasteiger partial charge in [-0.25, -0.2) is 18.4 Å². The summed E-state index contributed by atoms with van der Waals surface area (Å²) < 4.78 is 74.2. The van der Waals surface area contributed by atoms with Crippen molar-refractivity contribution in [3.63, 3.8) is 0 Å². The summed E-state index contributed by atoms with van der Waals surface area (Å²) in [6.45, 7) is 0. The highest BCUT2D eigenvalue weighted by Crippen LogP contribution is 2.45. The number of thiazole rings is 1. The van der Waals surface area contributed by atoms with E-state index in [0.717, 1.165) is 18.6 Å². The lowest BCUT2D eigenvalue weighted by Gasteiger charge is -2.52. The first-order valence-electron chi connectivity index (χ1n) is 13.7. The largest absolute Gasteiger partial charge is 0.501 e. The number of anilines is 3. The highest BCUT2D eigenvalue weighted by Gasteiger charge is 2.47. The summed E-state index contributed by atoms with van der Waals surface area (Å²) in [5.41, 5.74) is -5.38. The van der Waals surface area contributed by atoms with E-state index in [1.54, 1.807) is 12.1 Å². The Balaban J connectivity index is 1.31. The predicted molar refractivity (Wildman–Crippen MR) is 161 cm³/mol. The number of piperidine rings is 1. The third-order valence-corrected chi connectivity index (χ3v) is 10.3. The van der Waals surface area contributed by atoms with Gasteiger partial charge in [-0.05, 0) is 36.8 Å². The fourth-order valence-electron chi connectivity index (χ4n) is 5.54. The van der Waals surface area contributed by atoms with Crippen LogP contribution in [0.2, 0.25) is 0 Å². The number of aromatic nitrogens is 2. The highest BCUT2D eigenvalue weighted by atomic mass is 32.2. The maximum atomic E-state index is 13.8. The van der Waals surface area contributed by atoms with Crippen LogP contribution in [-0.2, 0) is 14.6 Å². The van der Waals surface area contributed by atoms with Gasteiger partial charge in [0, 0.05) is 36.7 Å². The summed E-state index contributed by atoms with van der Waals surface area (Å²) in [4.78, 5) is 48.9. The molecule has 2 aromatic carbocycles. The number of fused-ring (bicyclic) bond motifs is 3. The standard InChI is InChI=1S/C29H24F3N5O7S2/c1-43-22-7-6-20-25(45-28(36-20)37-15-9-16(37)11-17(38)10-15)24(22)27(40)35-21-13-33-23(44-2)12-19(21)26(39)34-14-4-3-5-18(8-14)46(41,42)29(30,31)32/h3-8,12-13,15-16H,9-11H2,1-2H3,(H,34,39)(H,35,40). The van der Waals surface area contributed by atoms with Gasteiger partial charge in [-0.1, -0.05) is 17.4 Å². The van der Waals surface area contributed by atoms with Crippen LogP contribution in [0.5, 0.6) is 11.6 Å². The monoisotopic (exact) mass is 675 g/mol. The van der Waals surface area contributed by atoms with Crippen LogP contribution in [0.4, 0.5) is 29.7 Å². The molecule has 12 nitrogen and oxygen atoms in total. The smallest absolute Gasteiger partial charge is 0.496 e. The number of nitrogens with one attached hydrogen (secondary N) is 2. The van der Waals surface area contributed by atoms with Crippen LogP contribution < -0.4 is 25.0 Å². The molecule has 0 saturated carbocycles. The molecular weight excluding hydrogens is 651 g/mol. The maximum Gasteiger partial charge on any atom is 0.501 e. The first kappa shape index (κ1) is 31.2. The van der Waals surface area contributed by atoms with Crippen molar-refractivity contribution in [2.24, 2.45) is 0 Å². The molecule has 2 aliphatic heterocycles. The maximum absolute atomic E-state index is 13.8. The second-order valence-electron chi connectivity index (χ2n) is 10.5. The number of carbonyl (C=O) groups excluding carboxylic acids is 3. The second-order valence-corrected chi connectivity index (χ2v) is 13.5. The van der Waals surface area contributed by atoms with Crippen molar-refractivity contribution in [1.82, 2.24) is 9.97 Å². The molecular formula is C29H24F3N5O7S2. The zero-order valence-corrected chi connectivity index (χ0v) is 25.7. The molecule has 2 unspecified atom stereocenters. The Kier molecular flexibility index (Phi) is 7.84. The van der Waals surface area contributed by atoms with Gasteiger partial charge in [-0.2, -0.15) is 13.2 Å². The summed E-state index contributed by atoms with van der Waals surface area (Å²) in [6, 6.07) is 8.31. The lowest BCUT2D eigenvalue weighted by Crippen LogP contribution is -2.61. The Morgan fingerprint density at radius 2 is 1.76 bits per heavy atom. The van der Waals surface area contributed by atoms with Gasteiger partial charge in [0.15, 0.2) is 5.13 Å². The molecule has 17 heteroatoms. The number of methoxy groups -OCH3 is 2. The molecule has 2 amide bonds. The summed E-state index contributed by atoms with van der Waals surface area (Å²) in [5.74, 6) is -1.14. The number of rotatable bonds is 8. The van der Waals surface area contributed by atoms with E-state index < -0.39 is 32.1 Å². The number of alkyl halides is 3. The van der Waals surface area contributed by atoms with Crippen LogP contribution in [-0.4, -0.2) is 67.8 Å². The number of hydrogen-bond donors (Lipinski definition) is 2. The quantitative estimate of drug-likeness (QED) is 0.266. The number of pyridine rings is 1. The summed E-state index contributed by atoms with van der Waals surface area (Å²) in [7, 11) is -2.98. The molecule has 240 valence electrons. The van der Waals surface area contributed by atoms with Crippen molar-refractivity contribution in [2.45, 2.75) is 41.7 Å². The van der Waals surface area contributed by atoms with Crippen molar-refractivity contribution in [1.29, 1.82) is 0 Å². The van der Waals surface area contributed by atoms with Crippen molar-refractivity contribution < 1.29 is 45.4 Å². The minimum atomic E-state index is -5.67. The molecule has 2 fully saturated rings. The Morgan fingerprint density at radius 3 is 2.43 bits per heavy atom. The number of Topliss-reactive ketones (excluding diaryl/α,β-unsaturated/α-hetero) is 1. The van der Waals surface area contributed by atoms with Gasteiger partial charge in [0.05, 0.1) is 46.8 Å². The number of benzene rings is 2.